The quantitative estimate of drug-likeness (QED) is 0.449. The highest BCUT2D eigenvalue weighted by atomic mass is 16.5. The van der Waals surface area contributed by atoms with E-state index in [9.17, 15) is 4.79 Å². The molecule has 0 saturated heterocycles. The lowest BCUT2D eigenvalue weighted by atomic mass is 9.93. The Bertz CT molecular complexity index is 652. The number of hydrogen-bond donors (Lipinski definition) is 0. The van der Waals surface area contributed by atoms with Crippen LogP contribution in [-0.4, -0.2) is 5.97 Å². The third-order valence-electron chi connectivity index (χ3n) is 3.31. The number of ether oxygens (including phenoxy) is 1. The highest BCUT2D eigenvalue weighted by molar-refractivity contribution is 5.88. The fraction of sp³-hybridized carbons (Fsp3) is 0.211. The molecule has 0 radical (unpaired) electrons. The van der Waals surface area contributed by atoms with Crippen molar-refractivity contribution in [3.63, 3.8) is 0 Å². The summed E-state index contributed by atoms with van der Waals surface area (Å²) < 4.78 is 5.21. The van der Waals surface area contributed by atoms with E-state index in [-0.39, 0.29) is 0 Å². The van der Waals surface area contributed by atoms with Crippen LogP contribution in [0.15, 0.2) is 60.7 Å². The molecule has 0 heterocycles. The van der Waals surface area contributed by atoms with Gasteiger partial charge in [0.15, 0.2) is 0 Å². The first-order valence-electron chi connectivity index (χ1n) is 7.06. The molecular weight excluding hydrogens is 260 g/mol. The zero-order chi connectivity index (χ0) is 15.4. The molecule has 21 heavy (non-hydrogen) atoms. The predicted molar refractivity (Wildman–Crippen MR) is 86.4 cm³/mol. The van der Waals surface area contributed by atoms with Gasteiger partial charge in [0.1, 0.15) is 5.75 Å². The van der Waals surface area contributed by atoms with Crippen molar-refractivity contribution in [2.75, 3.05) is 0 Å². The van der Waals surface area contributed by atoms with Crippen molar-refractivity contribution in [1.82, 2.24) is 0 Å². The second-order valence-electron chi connectivity index (χ2n) is 5.44. The molecule has 0 bridgehead atoms. The van der Waals surface area contributed by atoms with Gasteiger partial charge in [-0.25, -0.2) is 4.79 Å². The molecule has 2 aromatic carbocycles. The van der Waals surface area contributed by atoms with E-state index in [4.69, 9.17) is 4.74 Å². The van der Waals surface area contributed by atoms with Crippen molar-refractivity contribution in [3.8, 4) is 16.9 Å². The van der Waals surface area contributed by atoms with Gasteiger partial charge in [0, 0.05) is 5.57 Å². The molecule has 0 fully saturated rings. The van der Waals surface area contributed by atoms with Gasteiger partial charge in [-0.15, -0.1) is 0 Å². The zero-order valence-electron chi connectivity index (χ0n) is 12.7. The average molecular weight is 280 g/mol. The lowest BCUT2D eigenvalue weighted by Gasteiger charge is -2.13. The first-order valence-corrected chi connectivity index (χ1v) is 7.06. The maximum absolute atomic E-state index is 11.5. The molecule has 108 valence electrons. The van der Waals surface area contributed by atoms with Crippen LogP contribution in [0.1, 0.15) is 32.3 Å². The molecule has 2 heteroatoms. The van der Waals surface area contributed by atoms with E-state index >= 15 is 0 Å². The van der Waals surface area contributed by atoms with Gasteiger partial charge >= 0.3 is 5.97 Å². The Morgan fingerprint density at radius 1 is 1.05 bits per heavy atom. The summed E-state index contributed by atoms with van der Waals surface area (Å²) in [5.41, 5.74) is 4.04. The lowest BCUT2D eigenvalue weighted by Crippen LogP contribution is -2.07. The Morgan fingerprint density at radius 2 is 1.67 bits per heavy atom. The van der Waals surface area contributed by atoms with Gasteiger partial charge in [-0.1, -0.05) is 56.8 Å². The molecule has 0 spiro atoms. The predicted octanol–water partition coefficient (Wildman–Crippen LogP) is 4.96. The Morgan fingerprint density at radius 3 is 2.24 bits per heavy atom. The van der Waals surface area contributed by atoms with Crippen LogP contribution in [0.25, 0.3) is 11.1 Å². The Kier molecular flexibility index (Phi) is 4.59. The average Bonchev–Trinajstić information content (AvgIpc) is 2.48. The Balaban J connectivity index is 2.27. The summed E-state index contributed by atoms with van der Waals surface area (Å²) in [6, 6.07) is 15.9. The molecule has 2 rings (SSSR count). The van der Waals surface area contributed by atoms with Gasteiger partial charge in [0.2, 0.25) is 0 Å². The van der Waals surface area contributed by atoms with Crippen LogP contribution >= 0.6 is 0 Å². The number of esters is 1. The topological polar surface area (TPSA) is 26.3 Å². The Hall–Kier alpha value is -2.35. The molecule has 2 nitrogen and oxygen atoms in total. The maximum atomic E-state index is 11.5. The van der Waals surface area contributed by atoms with Gasteiger partial charge < -0.3 is 4.74 Å². The van der Waals surface area contributed by atoms with E-state index in [1.165, 1.54) is 11.1 Å². The van der Waals surface area contributed by atoms with Crippen LogP contribution in [0, 0.1) is 0 Å². The lowest BCUT2D eigenvalue weighted by molar-refractivity contribution is -0.130. The Labute approximate surface area is 126 Å². The van der Waals surface area contributed by atoms with Gasteiger partial charge in [-0.3, -0.25) is 0 Å². The zero-order valence-corrected chi connectivity index (χ0v) is 12.7. The van der Waals surface area contributed by atoms with Gasteiger partial charge in [-0.05, 0) is 41.7 Å². The second kappa shape index (κ2) is 6.40. The molecule has 0 aliphatic heterocycles. The van der Waals surface area contributed by atoms with Crippen molar-refractivity contribution in [1.29, 1.82) is 0 Å². The molecule has 0 aliphatic carbocycles. The number of carbonyl (C=O) groups excluding carboxylic acids is 1. The number of hydrogen-bond acceptors (Lipinski definition) is 2. The molecule has 0 unspecified atom stereocenters. The minimum Gasteiger partial charge on any atom is -0.423 e. The van der Waals surface area contributed by atoms with E-state index in [0.717, 1.165) is 5.56 Å². The summed E-state index contributed by atoms with van der Waals surface area (Å²) in [4.78, 5) is 11.5. The number of carbonyl (C=O) groups is 1. The molecule has 0 atom stereocenters. The second-order valence-corrected chi connectivity index (χ2v) is 5.44. The molecule has 0 aliphatic rings. The van der Waals surface area contributed by atoms with Crippen LogP contribution in [0.5, 0.6) is 5.75 Å². The van der Waals surface area contributed by atoms with E-state index < -0.39 is 5.97 Å². The largest absolute Gasteiger partial charge is 0.423 e. The molecule has 0 aromatic heterocycles. The molecule has 0 N–H and O–H groups in total. The van der Waals surface area contributed by atoms with E-state index in [1.807, 2.05) is 30.3 Å². The van der Waals surface area contributed by atoms with Gasteiger partial charge in [-0.2, -0.15) is 0 Å². The normalized spacial score (nSPS) is 10.5. The first kappa shape index (κ1) is 15.0. The van der Waals surface area contributed by atoms with Crippen LogP contribution in [-0.2, 0) is 4.79 Å². The third-order valence-corrected chi connectivity index (χ3v) is 3.31. The highest BCUT2D eigenvalue weighted by Gasteiger charge is 2.09. The summed E-state index contributed by atoms with van der Waals surface area (Å²) in [5, 5.41) is 0. The van der Waals surface area contributed by atoms with Crippen LogP contribution < -0.4 is 4.74 Å². The summed E-state index contributed by atoms with van der Waals surface area (Å²) >= 11 is 0. The SMILES string of the molecule is C=C(C)C(=O)Oc1ccc(-c2ccccc2C(C)C)cc1. The van der Waals surface area contributed by atoms with Crippen molar-refractivity contribution in [2.45, 2.75) is 26.7 Å². The third kappa shape index (κ3) is 3.60. The molecule has 0 saturated carbocycles. The van der Waals surface area contributed by atoms with Crippen LogP contribution in [0.2, 0.25) is 0 Å². The molecule has 2 aromatic rings. The minimum atomic E-state index is -0.398. The van der Waals surface area contributed by atoms with Gasteiger partial charge in [0.25, 0.3) is 0 Å². The minimum absolute atomic E-state index is 0.393. The fourth-order valence-electron chi connectivity index (χ4n) is 2.16. The standard InChI is InChI=1S/C19H20O2/c1-13(2)17-7-5-6-8-18(17)15-9-11-16(12-10-15)21-19(20)14(3)4/h5-13H,3H2,1-2,4H3. The van der Waals surface area contributed by atoms with Crippen molar-refractivity contribution >= 4 is 5.97 Å². The van der Waals surface area contributed by atoms with Crippen LogP contribution in [0.3, 0.4) is 0 Å². The summed E-state index contributed by atoms with van der Waals surface area (Å²) in [7, 11) is 0. The van der Waals surface area contributed by atoms with Crippen LogP contribution in [0.4, 0.5) is 0 Å². The number of benzene rings is 2. The molecular formula is C19H20O2. The summed E-state index contributed by atoms with van der Waals surface area (Å²) in [5.74, 6) is 0.598. The van der Waals surface area contributed by atoms with Crippen molar-refractivity contribution in [3.05, 3.63) is 66.2 Å². The maximum Gasteiger partial charge on any atom is 0.338 e. The summed E-state index contributed by atoms with van der Waals surface area (Å²) in [6.07, 6.45) is 0. The van der Waals surface area contributed by atoms with Gasteiger partial charge in [0.05, 0.1) is 0 Å². The first-order chi connectivity index (χ1) is 9.99. The molecule has 0 amide bonds. The fourth-order valence-corrected chi connectivity index (χ4v) is 2.16. The number of rotatable bonds is 4. The monoisotopic (exact) mass is 280 g/mol. The van der Waals surface area contributed by atoms with E-state index in [0.29, 0.717) is 17.2 Å². The van der Waals surface area contributed by atoms with Crippen molar-refractivity contribution in [2.24, 2.45) is 0 Å². The van der Waals surface area contributed by atoms with E-state index in [1.54, 1.807) is 6.92 Å². The van der Waals surface area contributed by atoms with Crippen molar-refractivity contribution < 1.29 is 9.53 Å². The highest BCUT2D eigenvalue weighted by Crippen LogP contribution is 2.30. The summed E-state index contributed by atoms with van der Waals surface area (Å²) in [6.45, 7) is 9.57. The smallest absolute Gasteiger partial charge is 0.338 e. The van der Waals surface area contributed by atoms with E-state index in [2.05, 4.69) is 38.6 Å².